The van der Waals surface area contributed by atoms with Gasteiger partial charge in [0.25, 0.3) is 0 Å². The highest BCUT2D eigenvalue weighted by Gasteiger charge is 2.38. The minimum absolute atomic E-state index is 0.0341. The standard InChI is InChI=1S/C9H8N4O2/c14-9(15)13-3-1-2-6-5(4-10-12-6)7-8(13)11-7/h1-5,11-12H,(H,14,15). The zero-order valence-electron chi connectivity index (χ0n) is 7.64. The Balaban J connectivity index is 2.03. The third-order valence-electron chi connectivity index (χ3n) is 2.47. The second-order valence-electron chi connectivity index (χ2n) is 3.37. The lowest BCUT2D eigenvalue weighted by Gasteiger charge is -2.09. The third kappa shape index (κ3) is 1.11. The van der Waals surface area contributed by atoms with Crippen LogP contribution in [-0.2, 0) is 0 Å². The third-order valence-corrected chi connectivity index (χ3v) is 2.47. The molecule has 0 fully saturated rings. The van der Waals surface area contributed by atoms with E-state index in [4.69, 9.17) is 5.11 Å². The highest BCUT2D eigenvalue weighted by Crippen LogP contribution is 2.33. The van der Waals surface area contributed by atoms with Crippen LogP contribution in [0.1, 0.15) is 0 Å². The number of nitrogens with zero attached hydrogens (tertiary/aromatic N) is 2. The van der Waals surface area contributed by atoms with Crippen molar-refractivity contribution in [1.82, 2.24) is 15.6 Å². The number of allylic oxidation sites excluding steroid dienone is 2. The van der Waals surface area contributed by atoms with Crippen LogP contribution in [-0.4, -0.2) is 22.3 Å². The zero-order chi connectivity index (χ0) is 10.4. The second-order valence-corrected chi connectivity index (χ2v) is 3.37. The Morgan fingerprint density at radius 1 is 1.60 bits per heavy atom. The van der Waals surface area contributed by atoms with Gasteiger partial charge in [-0.05, 0) is 12.2 Å². The van der Waals surface area contributed by atoms with Crippen LogP contribution in [0.3, 0.4) is 0 Å². The van der Waals surface area contributed by atoms with Gasteiger partial charge in [0.2, 0.25) is 0 Å². The maximum Gasteiger partial charge on any atom is 0.417 e. The molecule has 1 amide bonds. The molecule has 6 nitrogen and oxygen atoms in total. The largest absolute Gasteiger partial charge is 0.464 e. The first-order valence-corrected chi connectivity index (χ1v) is 4.48. The molecule has 3 aliphatic heterocycles. The highest BCUT2D eigenvalue weighted by molar-refractivity contribution is 5.77. The van der Waals surface area contributed by atoms with Crippen LogP contribution in [0.15, 0.2) is 40.7 Å². The normalized spacial score (nSPS) is 25.7. The molecule has 0 aromatic rings. The number of carbonyl (C=O) groups is 1. The van der Waals surface area contributed by atoms with Gasteiger partial charge in [-0.2, -0.15) is 5.10 Å². The molecule has 0 radical (unpaired) electrons. The molecule has 1 unspecified atom stereocenters. The molecule has 0 aliphatic carbocycles. The van der Waals surface area contributed by atoms with E-state index in [1.807, 2.05) is 6.08 Å². The first-order chi connectivity index (χ1) is 7.27. The molecule has 3 aliphatic rings. The van der Waals surface area contributed by atoms with Crippen LogP contribution >= 0.6 is 0 Å². The summed E-state index contributed by atoms with van der Waals surface area (Å²) < 4.78 is 0. The van der Waals surface area contributed by atoms with Crippen LogP contribution in [0.25, 0.3) is 0 Å². The fraction of sp³-hybridized carbons (Fsp3) is 0.111. The van der Waals surface area contributed by atoms with Crippen LogP contribution < -0.4 is 10.7 Å². The van der Waals surface area contributed by atoms with Gasteiger partial charge in [0.1, 0.15) is 5.82 Å². The van der Waals surface area contributed by atoms with Crippen molar-refractivity contribution < 1.29 is 9.90 Å². The molecule has 0 saturated carbocycles. The van der Waals surface area contributed by atoms with Gasteiger partial charge in [-0.1, -0.05) is 0 Å². The zero-order valence-corrected chi connectivity index (χ0v) is 7.64. The molecule has 1 atom stereocenters. The van der Waals surface area contributed by atoms with Gasteiger partial charge in [-0.25, -0.2) is 9.69 Å². The molecule has 15 heavy (non-hydrogen) atoms. The summed E-state index contributed by atoms with van der Waals surface area (Å²) in [5, 5.41) is 15.8. The average molecular weight is 204 g/mol. The van der Waals surface area contributed by atoms with Gasteiger partial charge >= 0.3 is 6.09 Å². The summed E-state index contributed by atoms with van der Waals surface area (Å²) in [5.41, 5.74) is 4.71. The minimum atomic E-state index is -0.997. The monoisotopic (exact) mass is 204 g/mol. The van der Waals surface area contributed by atoms with Crippen molar-refractivity contribution in [1.29, 1.82) is 0 Å². The Morgan fingerprint density at radius 2 is 2.47 bits per heavy atom. The number of amides is 1. The lowest BCUT2D eigenvalue weighted by atomic mass is 10.1. The van der Waals surface area contributed by atoms with Crippen LogP contribution in [0.2, 0.25) is 0 Å². The molecule has 76 valence electrons. The van der Waals surface area contributed by atoms with E-state index in [2.05, 4.69) is 15.8 Å². The molecule has 3 N–H and O–H groups in total. The number of hydrazone groups is 1. The van der Waals surface area contributed by atoms with Crippen LogP contribution in [0.4, 0.5) is 4.79 Å². The van der Waals surface area contributed by atoms with Crippen molar-refractivity contribution in [2.24, 2.45) is 11.0 Å². The molecule has 6 heteroatoms. The number of hydrogen-bond acceptors (Lipinski definition) is 4. The Hall–Kier alpha value is -2.24. The first kappa shape index (κ1) is 8.10. The lowest BCUT2D eigenvalue weighted by molar-refractivity contribution is 0.173. The van der Waals surface area contributed by atoms with Crippen molar-refractivity contribution in [2.75, 3.05) is 0 Å². The summed E-state index contributed by atoms with van der Waals surface area (Å²) >= 11 is 0. The maximum atomic E-state index is 10.9. The van der Waals surface area contributed by atoms with Gasteiger partial charge in [0, 0.05) is 18.1 Å². The number of fused-ring (bicyclic) bond motifs is 2. The number of hydrogen-bond donors (Lipinski definition) is 3. The van der Waals surface area contributed by atoms with E-state index in [0.29, 0.717) is 5.82 Å². The fourth-order valence-electron chi connectivity index (χ4n) is 1.69. The lowest BCUT2D eigenvalue weighted by Crippen LogP contribution is -2.21. The molecule has 0 spiro atoms. The van der Waals surface area contributed by atoms with Crippen molar-refractivity contribution in [3.63, 3.8) is 0 Å². The van der Waals surface area contributed by atoms with Gasteiger partial charge in [-0.3, -0.25) is 5.43 Å². The van der Waals surface area contributed by atoms with E-state index in [0.717, 1.165) is 16.3 Å². The topological polar surface area (TPSA) is 86.9 Å². The Bertz CT molecular complexity index is 457. The second kappa shape index (κ2) is 2.63. The van der Waals surface area contributed by atoms with Crippen molar-refractivity contribution in [2.45, 2.75) is 0 Å². The molecule has 0 aromatic heterocycles. The molecule has 3 rings (SSSR count). The molecular formula is C9H8N4O2. The Morgan fingerprint density at radius 3 is 3.27 bits per heavy atom. The van der Waals surface area contributed by atoms with Gasteiger partial charge < -0.3 is 10.4 Å². The van der Waals surface area contributed by atoms with E-state index < -0.39 is 6.09 Å². The van der Waals surface area contributed by atoms with Gasteiger partial charge in [-0.15, -0.1) is 0 Å². The predicted octanol–water partition coefficient (Wildman–Crippen LogP) is 0.355. The van der Waals surface area contributed by atoms with Crippen molar-refractivity contribution in [3.05, 3.63) is 35.6 Å². The van der Waals surface area contributed by atoms with Crippen molar-refractivity contribution in [3.8, 4) is 0 Å². The summed E-state index contributed by atoms with van der Waals surface area (Å²) in [6.45, 7) is 0. The SMILES string of the molecule is O=C(O)N1C=CC=C2NN=CC2C2=C1N2. The van der Waals surface area contributed by atoms with E-state index in [1.54, 1.807) is 12.3 Å². The highest BCUT2D eigenvalue weighted by atomic mass is 16.4. The average Bonchev–Trinajstić information content (AvgIpc) is 2.79. The predicted molar refractivity (Wildman–Crippen MR) is 52.4 cm³/mol. The molecule has 0 saturated heterocycles. The smallest absolute Gasteiger partial charge is 0.417 e. The first-order valence-electron chi connectivity index (χ1n) is 4.48. The van der Waals surface area contributed by atoms with Gasteiger partial charge in [0.15, 0.2) is 0 Å². The quantitative estimate of drug-likeness (QED) is 0.531. The van der Waals surface area contributed by atoms with Crippen LogP contribution in [0.5, 0.6) is 0 Å². The molecule has 3 heterocycles. The van der Waals surface area contributed by atoms with Gasteiger partial charge in [0.05, 0.1) is 11.6 Å². The Kier molecular flexibility index (Phi) is 1.42. The van der Waals surface area contributed by atoms with Crippen molar-refractivity contribution >= 4 is 12.3 Å². The number of rotatable bonds is 0. The maximum absolute atomic E-state index is 10.9. The fourth-order valence-corrected chi connectivity index (χ4v) is 1.69. The van der Waals surface area contributed by atoms with E-state index >= 15 is 0 Å². The summed E-state index contributed by atoms with van der Waals surface area (Å²) in [5.74, 6) is 0.663. The summed E-state index contributed by atoms with van der Waals surface area (Å²) in [6.07, 6.45) is 5.75. The summed E-state index contributed by atoms with van der Waals surface area (Å²) in [6, 6.07) is 0. The van der Waals surface area contributed by atoms with Crippen LogP contribution in [0, 0.1) is 5.92 Å². The number of nitrogens with one attached hydrogen (secondary N) is 2. The Labute approximate surface area is 85.3 Å². The van der Waals surface area contributed by atoms with E-state index in [1.165, 1.54) is 6.20 Å². The summed E-state index contributed by atoms with van der Waals surface area (Å²) in [4.78, 5) is 12.0. The summed E-state index contributed by atoms with van der Waals surface area (Å²) in [7, 11) is 0. The number of carboxylic acid groups (broad SMARTS) is 1. The minimum Gasteiger partial charge on any atom is -0.464 e. The molecule has 0 aromatic carbocycles. The van der Waals surface area contributed by atoms with E-state index in [-0.39, 0.29) is 5.92 Å². The van der Waals surface area contributed by atoms with E-state index in [9.17, 15) is 4.79 Å². The molecule has 0 bridgehead atoms. The molecular weight excluding hydrogens is 196 g/mol.